The van der Waals surface area contributed by atoms with Crippen LogP contribution in [0.3, 0.4) is 0 Å². The van der Waals surface area contributed by atoms with Crippen LogP contribution in [0.1, 0.15) is 10.4 Å². The third-order valence-electron chi connectivity index (χ3n) is 3.00. The molecule has 1 heterocycles. The van der Waals surface area contributed by atoms with Crippen molar-refractivity contribution in [3.05, 3.63) is 71.0 Å². The van der Waals surface area contributed by atoms with E-state index >= 15 is 0 Å². The first-order valence-corrected chi connectivity index (χ1v) is 6.92. The minimum Gasteiger partial charge on any atom is -0.322 e. The van der Waals surface area contributed by atoms with E-state index in [1.807, 2.05) is 36.4 Å². The summed E-state index contributed by atoms with van der Waals surface area (Å²) in [7, 11) is 0. The average Bonchev–Trinajstić information content (AvgIpc) is 2.47. The van der Waals surface area contributed by atoms with Crippen molar-refractivity contribution in [2.24, 2.45) is 0 Å². The summed E-state index contributed by atoms with van der Waals surface area (Å²) in [5.41, 5.74) is 1.37. The SMILES string of the molecule is O=C(Nc1ccncc1)c1ccc2cc(Br)ccc2c1. The normalized spacial score (nSPS) is 10.4. The summed E-state index contributed by atoms with van der Waals surface area (Å²) in [5.74, 6) is -0.124. The Labute approximate surface area is 124 Å². The van der Waals surface area contributed by atoms with E-state index < -0.39 is 0 Å². The van der Waals surface area contributed by atoms with Crippen molar-refractivity contribution in [3.63, 3.8) is 0 Å². The molecule has 0 aliphatic carbocycles. The van der Waals surface area contributed by atoms with Crippen molar-refractivity contribution in [1.29, 1.82) is 0 Å². The van der Waals surface area contributed by atoms with Crippen molar-refractivity contribution in [1.82, 2.24) is 4.98 Å². The molecule has 0 spiro atoms. The number of halogens is 1. The topological polar surface area (TPSA) is 42.0 Å². The van der Waals surface area contributed by atoms with E-state index in [1.165, 1.54) is 0 Å². The molecule has 3 rings (SSSR count). The van der Waals surface area contributed by atoms with E-state index in [-0.39, 0.29) is 5.91 Å². The maximum Gasteiger partial charge on any atom is 0.255 e. The molecule has 0 radical (unpaired) electrons. The number of carbonyl (C=O) groups is 1. The molecule has 1 N–H and O–H groups in total. The van der Waals surface area contributed by atoms with E-state index in [9.17, 15) is 4.79 Å². The summed E-state index contributed by atoms with van der Waals surface area (Å²) in [6.07, 6.45) is 3.29. The summed E-state index contributed by atoms with van der Waals surface area (Å²) in [5, 5.41) is 4.98. The van der Waals surface area contributed by atoms with Gasteiger partial charge in [-0.1, -0.05) is 28.1 Å². The van der Waals surface area contributed by atoms with Gasteiger partial charge in [-0.3, -0.25) is 9.78 Å². The highest BCUT2D eigenvalue weighted by atomic mass is 79.9. The lowest BCUT2D eigenvalue weighted by molar-refractivity contribution is 0.102. The van der Waals surface area contributed by atoms with Gasteiger partial charge in [-0.2, -0.15) is 0 Å². The predicted octanol–water partition coefficient (Wildman–Crippen LogP) is 4.25. The van der Waals surface area contributed by atoms with Crippen molar-refractivity contribution in [2.75, 3.05) is 5.32 Å². The monoisotopic (exact) mass is 326 g/mol. The Kier molecular flexibility index (Phi) is 3.48. The van der Waals surface area contributed by atoms with Crippen molar-refractivity contribution in [2.45, 2.75) is 0 Å². The van der Waals surface area contributed by atoms with Crippen LogP contribution in [-0.4, -0.2) is 10.9 Å². The molecule has 0 aliphatic heterocycles. The number of rotatable bonds is 2. The molecule has 0 bridgehead atoms. The van der Waals surface area contributed by atoms with E-state index in [0.29, 0.717) is 5.56 Å². The second kappa shape index (κ2) is 5.43. The number of hydrogen-bond acceptors (Lipinski definition) is 2. The number of hydrogen-bond donors (Lipinski definition) is 1. The number of carbonyl (C=O) groups excluding carboxylic acids is 1. The standard InChI is InChI=1S/C16H11BrN2O/c17-14-4-3-11-9-13(2-1-12(11)10-14)16(20)19-15-5-7-18-8-6-15/h1-10H,(H,18,19,20). The molecule has 0 saturated heterocycles. The van der Waals surface area contributed by atoms with Crippen molar-refractivity contribution >= 4 is 38.3 Å². The van der Waals surface area contributed by atoms with Crippen LogP contribution in [0.2, 0.25) is 0 Å². The summed E-state index contributed by atoms with van der Waals surface area (Å²) < 4.78 is 1.03. The zero-order valence-electron chi connectivity index (χ0n) is 10.5. The van der Waals surface area contributed by atoms with Crippen molar-refractivity contribution in [3.8, 4) is 0 Å². The lowest BCUT2D eigenvalue weighted by atomic mass is 10.1. The smallest absolute Gasteiger partial charge is 0.255 e. The Morgan fingerprint density at radius 2 is 1.65 bits per heavy atom. The van der Waals surface area contributed by atoms with Crippen LogP contribution in [0.25, 0.3) is 10.8 Å². The molecule has 4 heteroatoms. The largest absolute Gasteiger partial charge is 0.322 e. The molecular formula is C16H11BrN2O. The van der Waals surface area contributed by atoms with Crippen LogP contribution in [0, 0.1) is 0 Å². The number of nitrogens with zero attached hydrogens (tertiary/aromatic N) is 1. The summed E-state index contributed by atoms with van der Waals surface area (Å²) in [4.78, 5) is 16.1. The summed E-state index contributed by atoms with van der Waals surface area (Å²) >= 11 is 3.44. The minimum absolute atomic E-state index is 0.124. The van der Waals surface area contributed by atoms with E-state index in [1.54, 1.807) is 24.5 Å². The fraction of sp³-hybridized carbons (Fsp3) is 0. The molecular weight excluding hydrogens is 316 g/mol. The Hall–Kier alpha value is -2.20. The van der Waals surface area contributed by atoms with Gasteiger partial charge in [0.15, 0.2) is 0 Å². The first-order chi connectivity index (χ1) is 9.72. The lowest BCUT2D eigenvalue weighted by Crippen LogP contribution is -2.11. The van der Waals surface area contributed by atoms with Gasteiger partial charge in [-0.05, 0) is 47.2 Å². The van der Waals surface area contributed by atoms with E-state index in [4.69, 9.17) is 0 Å². The molecule has 3 aromatic rings. The Morgan fingerprint density at radius 1 is 0.950 bits per heavy atom. The third-order valence-corrected chi connectivity index (χ3v) is 3.50. The predicted molar refractivity (Wildman–Crippen MR) is 83.8 cm³/mol. The molecule has 0 saturated carbocycles. The highest BCUT2D eigenvalue weighted by Crippen LogP contribution is 2.21. The van der Waals surface area contributed by atoms with E-state index in [2.05, 4.69) is 26.2 Å². The van der Waals surface area contributed by atoms with Crippen molar-refractivity contribution < 1.29 is 4.79 Å². The first-order valence-electron chi connectivity index (χ1n) is 6.13. The van der Waals surface area contributed by atoms with Crippen LogP contribution in [0.15, 0.2) is 65.4 Å². The molecule has 0 fully saturated rings. The molecule has 1 aromatic heterocycles. The van der Waals surface area contributed by atoms with Gasteiger partial charge in [0, 0.05) is 28.1 Å². The second-order valence-corrected chi connectivity index (χ2v) is 5.31. The van der Waals surface area contributed by atoms with Crippen LogP contribution in [0.5, 0.6) is 0 Å². The van der Waals surface area contributed by atoms with Crippen LogP contribution >= 0.6 is 15.9 Å². The fourth-order valence-corrected chi connectivity index (χ4v) is 2.38. The third kappa shape index (κ3) is 2.70. The zero-order valence-corrected chi connectivity index (χ0v) is 12.1. The van der Waals surface area contributed by atoms with Gasteiger partial charge in [-0.15, -0.1) is 0 Å². The first kappa shape index (κ1) is 12.8. The van der Waals surface area contributed by atoms with Gasteiger partial charge in [0.2, 0.25) is 0 Å². The van der Waals surface area contributed by atoms with Gasteiger partial charge in [0.25, 0.3) is 5.91 Å². The fourth-order valence-electron chi connectivity index (χ4n) is 2.00. The minimum atomic E-state index is -0.124. The molecule has 98 valence electrons. The highest BCUT2D eigenvalue weighted by molar-refractivity contribution is 9.10. The molecule has 2 aromatic carbocycles. The molecule has 0 aliphatic rings. The second-order valence-electron chi connectivity index (χ2n) is 4.40. The Bertz CT molecular complexity index is 772. The molecule has 1 amide bonds. The van der Waals surface area contributed by atoms with Gasteiger partial charge in [-0.25, -0.2) is 0 Å². The van der Waals surface area contributed by atoms with Crippen LogP contribution < -0.4 is 5.32 Å². The number of pyridine rings is 1. The Morgan fingerprint density at radius 3 is 2.45 bits per heavy atom. The van der Waals surface area contributed by atoms with Crippen LogP contribution in [-0.2, 0) is 0 Å². The number of benzene rings is 2. The summed E-state index contributed by atoms with van der Waals surface area (Å²) in [6.45, 7) is 0. The number of anilines is 1. The average molecular weight is 327 g/mol. The molecule has 0 unspecified atom stereocenters. The Balaban J connectivity index is 1.90. The maximum atomic E-state index is 12.2. The lowest BCUT2D eigenvalue weighted by Gasteiger charge is -2.06. The molecule has 3 nitrogen and oxygen atoms in total. The van der Waals surface area contributed by atoms with Gasteiger partial charge in [0.1, 0.15) is 0 Å². The number of nitrogens with one attached hydrogen (secondary N) is 1. The van der Waals surface area contributed by atoms with Crippen LogP contribution in [0.4, 0.5) is 5.69 Å². The highest BCUT2D eigenvalue weighted by Gasteiger charge is 2.07. The maximum absolute atomic E-state index is 12.2. The number of aromatic nitrogens is 1. The van der Waals surface area contributed by atoms with E-state index in [0.717, 1.165) is 20.9 Å². The number of fused-ring (bicyclic) bond motifs is 1. The summed E-state index contributed by atoms with van der Waals surface area (Å²) in [6, 6.07) is 15.2. The van der Waals surface area contributed by atoms with Gasteiger partial charge < -0.3 is 5.32 Å². The molecule has 20 heavy (non-hydrogen) atoms. The van der Waals surface area contributed by atoms with Gasteiger partial charge in [0.05, 0.1) is 0 Å². The van der Waals surface area contributed by atoms with Gasteiger partial charge >= 0.3 is 0 Å². The molecule has 0 atom stereocenters. The number of amides is 1. The zero-order chi connectivity index (χ0) is 13.9. The quantitative estimate of drug-likeness (QED) is 0.764.